The molecule has 28 heavy (non-hydrogen) atoms. The van der Waals surface area contributed by atoms with Crippen LogP contribution in [0.4, 0.5) is 0 Å². The van der Waals surface area contributed by atoms with E-state index in [4.69, 9.17) is 18.9 Å². The number of ether oxygens (including phenoxy) is 4. The maximum Gasteiger partial charge on any atom is 1.00 e. The molecule has 0 radical (unpaired) electrons. The minimum absolute atomic E-state index is 0. The third-order valence-electron chi connectivity index (χ3n) is 3.59. The molecular weight excluding hydrogens is 370 g/mol. The summed E-state index contributed by atoms with van der Waals surface area (Å²) in [5.41, 5.74) is 0.370. The average Bonchev–Trinajstić information content (AvgIpc) is 2.62. The third-order valence-corrected chi connectivity index (χ3v) is 4.75. The predicted molar refractivity (Wildman–Crippen MR) is 110 cm³/mol. The van der Waals surface area contributed by atoms with Crippen LogP contribution < -0.4 is 43.1 Å². The summed E-state index contributed by atoms with van der Waals surface area (Å²) < 4.78 is 22.4. The molecule has 0 bridgehead atoms. The topological polar surface area (TPSA) is 54.0 Å². The molecule has 7 heteroatoms. The predicted octanol–water partition coefficient (Wildman–Crippen LogP) is 1.43. The van der Waals surface area contributed by atoms with E-state index in [2.05, 4.69) is 0 Å². The second kappa shape index (κ2) is 11.4. The van der Waals surface area contributed by atoms with E-state index in [9.17, 15) is 4.79 Å². The maximum atomic E-state index is 13.0. The van der Waals surface area contributed by atoms with Gasteiger partial charge in [-0.2, -0.15) is 0 Å². The van der Waals surface area contributed by atoms with Gasteiger partial charge in [0.1, 0.15) is 28.6 Å². The molecular formula is C21H27LiO5P+. The fraction of sp³-hybridized carbons (Fsp3) is 0.381. The van der Waals surface area contributed by atoms with Crippen LogP contribution in [0.2, 0.25) is 0 Å². The standard InChI is InChI=1S/C21H27O5P.Li/c1-13(2)25-15-10-11-19(18(12-15)26-14(3)4)27-21(22)20-16(23-5)8-7-9-17(20)24-6;/h7-14,27H,1-6H3;/q;+1. The quantitative estimate of drug-likeness (QED) is 0.473. The van der Waals surface area contributed by atoms with Crippen molar-refractivity contribution in [3.63, 3.8) is 0 Å². The first-order valence-corrected chi connectivity index (χ1v) is 9.85. The Labute approximate surface area is 181 Å². The summed E-state index contributed by atoms with van der Waals surface area (Å²) in [6, 6.07) is 10.9. The summed E-state index contributed by atoms with van der Waals surface area (Å²) >= 11 is 0. The van der Waals surface area contributed by atoms with Crippen molar-refractivity contribution < 1.29 is 42.6 Å². The molecule has 0 saturated heterocycles. The van der Waals surface area contributed by atoms with Gasteiger partial charge in [0, 0.05) is 11.4 Å². The number of hydrogen-bond donors (Lipinski definition) is 0. The molecule has 1 unspecified atom stereocenters. The first-order valence-electron chi connectivity index (χ1n) is 8.85. The molecule has 0 aliphatic carbocycles. The van der Waals surface area contributed by atoms with Crippen LogP contribution in [-0.2, 0) is 0 Å². The van der Waals surface area contributed by atoms with Gasteiger partial charge in [0.25, 0.3) is 0 Å². The van der Waals surface area contributed by atoms with Crippen molar-refractivity contribution in [2.75, 3.05) is 14.2 Å². The zero-order valence-electron chi connectivity index (χ0n) is 17.7. The van der Waals surface area contributed by atoms with Crippen LogP contribution in [-0.4, -0.2) is 32.0 Å². The molecule has 146 valence electrons. The maximum absolute atomic E-state index is 13.0. The number of carbonyl (C=O) groups is 1. The summed E-state index contributed by atoms with van der Waals surface area (Å²) in [6.07, 6.45) is 0.0448. The summed E-state index contributed by atoms with van der Waals surface area (Å²) in [7, 11) is 2.95. The Balaban J connectivity index is 0.00000392. The summed E-state index contributed by atoms with van der Waals surface area (Å²) in [5, 5.41) is 0.817. The van der Waals surface area contributed by atoms with Gasteiger partial charge in [0.2, 0.25) is 0 Å². The van der Waals surface area contributed by atoms with Crippen LogP contribution in [0.3, 0.4) is 0 Å². The van der Waals surface area contributed by atoms with E-state index < -0.39 is 0 Å². The molecule has 0 spiro atoms. The molecule has 0 N–H and O–H groups in total. The zero-order valence-corrected chi connectivity index (χ0v) is 18.7. The third kappa shape index (κ3) is 6.45. The van der Waals surface area contributed by atoms with Crippen LogP contribution in [0.15, 0.2) is 36.4 Å². The van der Waals surface area contributed by atoms with Gasteiger partial charge in [0.15, 0.2) is 5.52 Å². The second-order valence-electron chi connectivity index (χ2n) is 6.48. The van der Waals surface area contributed by atoms with E-state index in [0.29, 0.717) is 22.8 Å². The normalized spacial score (nSPS) is 10.9. The molecule has 0 heterocycles. The van der Waals surface area contributed by atoms with Crippen LogP contribution in [0.5, 0.6) is 23.0 Å². The molecule has 0 fully saturated rings. The number of benzene rings is 2. The number of hydrogen-bond acceptors (Lipinski definition) is 5. The van der Waals surface area contributed by atoms with E-state index in [0.717, 1.165) is 11.1 Å². The first kappa shape index (κ1) is 24.4. The largest absolute Gasteiger partial charge is 1.00 e. The van der Waals surface area contributed by atoms with Crippen molar-refractivity contribution in [1.29, 1.82) is 0 Å². The average molecular weight is 397 g/mol. The van der Waals surface area contributed by atoms with E-state index in [-0.39, 0.29) is 45.2 Å². The fourth-order valence-corrected chi connectivity index (χ4v) is 3.60. The van der Waals surface area contributed by atoms with Crippen LogP contribution in [0, 0.1) is 0 Å². The van der Waals surface area contributed by atoms with Gasteiger partial charge in [-0.1, -0.05) is 6.07 Å². The van der Waals surface area contributed by atoms with Crippen molar-refractivity contribution in [2.45, 2.75) is 39.9 Å². The molecule has 0 aromatic heterocycles. The molecule has 2 aromatic rings. The smallest absolute Gasteiger partial charge is 0.496 e. The first-order chi connectivity index (χ1) is 12.8. The van der Waals surface area contributed by atoms with Crippen molar-refractivity contribution in [1.82, 2.24) is 0 Å². The Kier molecular flexibility index (Phi) is 9.89. The molecule has 2 rings (SSSR count). The van der Waals surface area contributed by atoms with Gasteiger partial charge < -0.3 is 18.9 Å². The Morgan fingerprint density at radius 3 is 1.93 bits per heavy atom. The van der Waals surface area contributed by atoms with Crippen molar-refractivity contribution in [2.24, 2.45) is 0 Å². The van der Waals surface area contributed by atoms with Gasteiger partial charge in [-0.25, -0.2) is 0 Å². The molecule has 0 aliphatic heterocycles. The summed E-state index contributed by atoms with van der Waals surface area (Å²) in [4.78, 5) is 13.0. The Bertz CT molecular complexity index is 770. The van der Waals surface area contributed by atoms with Crippen LogP contribution in [0.1, 0.15) is 38.1 Å². The monoisotopic (exact) mass is 397 g/mol. The van der Waals surface area contributed by atoms with E-state index in [1.54, 1.807) is 32.4 Å². The Hall–Kier alpha value is -1.66. The molecule has 0 amide bonds. The number of rotatable bonds is 9. The molecule has 2 aromatic carbocycles. The minimum atomic E-state index is -0.134. The van der Waals surface area contributed by atoms with Crippen molar-refractivity contribution in [3.8, 4) is 23.0 Å². The van der Waals surface area contributed by atoms with Crippen LogP contribution >= 0.6 is 8.58 Å². The number of carbonyl (C=O) groups excluding carboxylic acids is 1. The Morgan fingerprint density at radius 1 is 0.857 bits per heavy atom. The van der Waals surface area contributed by atoms with E-state index >= 15 is 0 Å². The van der Waals surface area contributed by atoms with Gasteiger partial charge in [-0.05, 0) is 60.5 Å². The number of methoxy groups -OCH3 is 2. The summed E-state index contributed by atoms with van der Waals surface area (Å²) in [6.45, 7) is 7.84. The SMILES string of the molecule is COc1cccc(OC)c1C(=O)Pc1ccc(OC(C)C)cc1OC(C)C.[Li+]. The molecule has 1 atom stereocenters. The Morgan fingerprint density at radius 2 is 1.43 bits per heavy atom. The molecule has 0 aliphatic rings. The second-order valence-corrected chi connectivity index (χ2v) is 7.73. The van der Waals surface area contributed by atoms with Gasteiger partial charge in [0.05, 0.1) is 26.4 Å². The van der Waals surface area contributed by atoms with Gasteiger partial charge in [-0.3, -0.25) is 4.79 Å². The van der Waals surface area contributed by atoms with E-state index in [1.165, 1.54) is 0 Å². The van der Waals surface area contributed by atoms with Gasteiger partial charge in [-0.15, -0.1) is 0 Å². The van der Waals surface area contributed by atoms with Crippen LogP contribution in [0.25, 0.3) is 0 Å². The zero-order chi connectivity index (χ0) is 20.0. The fourth-order valence-electron chi connectivity index (χ4n) is 2.56. The van der Waals surface area contributed by atoms with Crippen molar-refractivity contribution >= 4 is 19.4 Å². The van der Waals surface area contributed by atoms with Gasteiger partial charge >= 0.3 is 18.9 Å². The van der Waals surface area contributed by atoms with E-state index in [1.807, 2.05) is 45.9 Å². The summed E-state index contributed by atoms with van der Waals surface area (Å²) in [5.74, 6) is 2.37. The molecule has 0 saturated carbocycles. The van der Waals surface area contributed by atoms with Crippen molar-refractivity contribution in [3.05, 3.63) is 42.0 Å². The minimum Gasteiger partial charge on any atom is -0.496 e. The molecule has 5 nitrogen and oxygen atoms in total.